The molecule has 0 amide bonds. The van der Waals surface area contributed by atoms with Crippen molar-refractivity contribution in [3.63, 3.8) is 0 Å². The van der Waals surface area contributed by atoms with E-state index in [-0.39, 0.29) is 0 Å². The Morgan fingerprint density at radius 2 is 1.71 bits per heavy atom. The Kier molecular flexibility index (Phi) is 2.92. The number of aromatic nitrogens is 2. The quantitative estimate of drug-likeness (QED) is 0.860. The first-order valence-corrected chi connectivity index (χ1v) is 5.94. The van der Waals surface area contributed by atoms with Crippen LogP contribution in [0.15, 0.2) is 18.2 Å². The molecule has 0 aliphatic rings. The summed E-state index contributed by atoms with van der Waals surface area (Å²) in [7, 11) is 0. The van der Waals surface area contributed by atoms with Crippen LogP contribution >= 0.6 is 0 Å². The standard InChI is InChI=1S/C14H19N3/c1-5-17-11(4)16-13(14(17)15)12-7-9(2)6-10(3)8-12/h6-8H,5,15H2,1-4H3. The number of nitrogen functional groups attached to an aromatic ring is 1. The Hall–Kier alpha value is -1.77. The molecule has 3 nitrogen and oxygen atoms in total. The Morgan fingerprint density at radius 1 is 1.12 bits per heavy atom. The van der Waals surface area contributed by atoms with Crippen LogP contribution in [0.3, 0.4) is 0 Å². The Balaban J connectivity index is 2.60. The van der Waals surface area contributed by atoms with Crippen molar-refractivity contribution < 1.29 is 0 Å². The van der Waals surface area contributed by atoms with E-state index in [9.17, 15) is 0 Å². The molecule has 0 bridgehead atoms. The highest BCUT2D eigenvalue weighted by atomic mass is 15.1. The third-order valence-electron chi connectivity index (χ3n) is 3.01. The largest absolute Gasteiger partial charge is 0.383 e. The smallest absolute Gasteiger partial charge is 0.131 e. The zero-order chi connectivity index (χ0) is 12.6. The summed E-state index contributed by atoms with van der Waals surface area (Å²) in [6.45, 7) is 9.12. The number of nitrogens with two attached hydrogens (primary N) is 1. The summed E-state index contributed by atoms with van der Waals surface area (Å²) in [6.07, 6.45) is 0. The molecule has 90 valence electrons. The molecule has 2 aromatic rings. The zero-order valence-electron chi connectivity index (χ0n) is 10.9. The van der Waals surface area contributed by atoms with Crippen molar-refractivity contribution in [2.45, 2.75) is 34.2 Å². The van der Waals surface area contributed by atoms with E-state index >= 15 is 0 Å². The third kappa shape index (κ3) is 2.05. The van der Waals surface area contributed by atoms with Crippen molar-refractivity contribution in [1.29, 1.82) is 0 Å². The highest BCUT2D eigenvalue weighted by molar-refractivity contribution is 5.72. The van der Waals surface area contributed by atoms with Gasteiger partial charge in [0.25, 0.3) is 0 Å². The highest BCUT2D eigenvalue weighted by Gasteiger charge is 2.12. The third-order valence-corrected chi connectivity index (χ3v) is 3.01. The number of imidazole rings is 1. The molecule has 0 atom stereocenters. The fraction of sp³-hybridized carbons (Fsp3) is 0.357. The fourth-order valence-electron chi connectivity index (χ4n) is 2.30. The second kappa shape index (κ2) is 4.24. The van der Waals surface area contributed by atoms with E-state index in [1.54, 1.807) is 0 Å². The molecular formula is C14H19N3. The number of rotatable bonds is 2. The lowest BCUT2D eigenvalue weighted by Gasteiger charge is -2.05. The average Bonchev–Trinajstić information content (AvgIpc) is 2.52. The molecule has 1 aromatic carbocycles. The molecule has 3 heteroatoms. The van der Waals surface area contributed by atoms with Crippen molar-refractivity contribution in [1.82, 2.24) is 9.55 Å². The molecule has 17 heavy (non-hydrogen) atoms. The minimum atomic E-state index is 0.759. The van der Waals surface area contributed by atoms with Crippen molar-refractivity contribution in [2.24, 2.45) is 0 Å². The first-order valence-electron chi connectivity index (χ1n) is 5.94. The molecule has 0 aliphatic heterocycles. The predicted octanol–water partition coefficient (Wildman–Crippen LogP) is 3.08. The number of nitrogens with zero attached hydrogens (tertiary/aromatic N) is 2. The van der Waals surface area contributed by atoms with Gasteiger partial charge in [-0.1, -0.05) is 17.2 Å². The molecule has 0 saturated carbocycles. The highest BCUT2D eigenvalue weighted by Crippen LogP contribution is 2.27. The van der Waals surface area contributed by atoms with Gasteiger partial charge in [0.05, 0.1) is 0 Å². The van der Waals surface area contributed by atoms with Crippen LogP contribution < -0.4 is 5.73 Å². The average molecular weight is 229 g/mol. The fourth-order valence-corrected chi connectivity index (χ4v) is 2.30. The second-order valence-electron chi connectivity index (χ2n) is 4.51. The van der Waals surface area contributed by atoms with E-state index in [4.69, 9.17) is 5.73 Å². The summed E-state index contributed by atoms with van der Waals surface area (Å²) in [4.78, 5) is 4.57. The van der Waals surface area contributed by atoms with Crippen molar-refractivity contribution in [3.8, 4) is 11.3 Å². The first kappa shape index (κ1) is 11.7. The van der Waals surface area contributed by atoms with E-state index in [0.29, 0.717) is 0 Å². The molecule has 1 aromatic heterocycles. The number of anilines is 1. The first-order chi connectivity index (χ1) is 8.02. The number of benzene rings is 1. The summed E-state index contributed by atoms with van der Waals surface area (Å²) in [5.74, 6) is 1.73. The second-order valence-corrected chi connectivity index (χ2v) is 4.51. The maximum Gasteiger partial charge on any atom is 0.131 e. The van der Waals surface area contributed by atoms with Gasteiger partial charge in [-0.05, 0) is 39.8 Å². The number of hydrogen-bond donors (Lipinski definition) is 1. The molecular weight excluding hydrogens is 210 g/mol. The van der Waals surface area contributed by atoms with Gasteiger partial charge in [-0.25, -0.2) is 4.98 Å². The van der Waals surface area contributed by atoms with Gasteiger partial charge in [0, 0.05) is 12.1 Å². The van der Waals surface area contributed by atoms with Crippen LogP contribution in [0.5, 0.6) is 0 Å². The zero-order valence-corrected chi connectivity index (χ0v) is 10.9. The van der Waals surface area contributed by atoms with Gasteiger partial charge in [-0.3, -0.25) is 0 Å². The maximum absolute atomic E-state index is 6.15. The van der Waals surface area contributed by atoms with Crippen LogP contribution in [0.2, 0.25) is 0 Å². The van der Waals surface area contributed by atoms with Crippen molar-refractivity contribution in [3.05, 3.63) is 35.2 Å². The van der Waals surface area contributed by atoms with Gasteiger partial charge in [0.1, 0.15) is 17.3 Å². The summed E-state index contributed by atoms with van der Waals surface area (Å²) in [5, 5.41) is 0. The Labute approximate surface area is 102 Å². The maximum atomic E-state index is 6.15. The Bertz CT molecular complexity index is 533. The lowest BCUT2D eigenvalue weighted by atomic mass is 10.1. The van der Waals surface area contributed by atoms with Gasteiger partial charge in [-0.15, -0.1) is 0 Å². The molecule has 0 unspecified atom stereocenters. The van der Waals surface area contributed by atoms with Crippen LogP contribution in [-0.2, 0) is 6.54 Å². The van der Waals surface area contributed by atoms with E-state index < -0.39 is 0 Å². The summed E-state index contributed by atoms with van der Waals surface area (Å²) in [6, 6.07) is 6.42. The molecule has 2 rings (SSSR count). The van der Waals surface area contributed by atoms with Crippen LogP contribution in [0.25, 0.3) is 11.3 Å². The Morgan fingerprint density at radius 3 is 2.18 bits per heavy atom. The van der Waals surface area contributed by atoms with Crippen LogP contribution in [0, 0.1) is 20.8 Å². The lowest BCUT2D eigenvalue weighted by Crippen LogP contribution is -2.02. The molecule has 1 heterocycles. The summed E-state index contributed by atoms with van der Waals surface area (Å²) >= 11 is 0. The summed E-state index contributed by atoms with van der Waals surface area (Å²) < 4.78 is 2.03. The van der Waals surface area contributed by atoms with E-state index in [2.05, 4.69) is 44.0 Å². The van der Waals surface area contributed by atoms with Crippen LogP contribution in [0.1, 0.15) is 23.9 Å². The monoisotopic (exact) mass is 229 g/mol. The minimum Gasteiger partial charge on any atom is -0.383 e. The minimum absolute atomic E-state index is 0.759. The van der Waals surface area contributed by atoms with Crippen molar-refractivity contribution in [2.75, 3.05) is 5.73 Å². The molecule has 0 aliphatic carbocycles. The van der Waals surface area contributed by atoms with Crippen LogP contribution in [0.4, 0.5) is 5.82 Å². The molecule has 0 spiro atoms. The summed E-state index contributed by atoms with van der Waals surface area (Å²) in [5.41, 5.74) is 10.6. The van der Waals surface area contributed by atoms with E-state index in [1.165, 1.54) is 11.1 Å². The molecule has 0 saturated heterocycles. The van der Waals surface area contributed by atoms with Crippen molar-refractivity contribution >= 4 is 5.82 Å². The van der Waals surface area contributed by atoms with Gasteiger partial charge >= 0.3 is 0 Å². The van der Waals surface area contributed by atoms with Gasteiger partial charge in [0.15, 0.2) is 0 Å². The SMILES string of the molecule is CCn1c(C)nc(-c2cc(C)cc(C)c2)c1N. The molecule has 0 radical (unpaired) electrons. The van der Waals surface area contributed by atoms with Crippen LogP contribution in [-0.4, -0.2) is 9.55 Å². The topological polar surface area (TPSA) is 43.8 Å². The van der Waals surface area contributed by atoms with Gasteiger partial charge in [0.2, 0.25) is 0 Å². The molecule has 2 N–H and O–H groups in total. The number of aryl methyl sites for hydroxylation is 3. The normalized spacial score (nSPS) is 10.8. The van der Waals surface area contributed by atoms with E-state index in [0.717, 1.165) is 29.4 Å². The molecule has 0 fully saturated rings. The predicted molar refractivity (Wildman–Crippen MR) is 72.0 cm³/mol. The lowest BCUT2D eigenvalue weighted by molar-refractivity contribution is 0.739. The number of hydrogen-bond acceptors (Lipinski definition) is 2. The van der Waals surface area contributed by atoms with E-state index in [1.807, 2.05) is 11.5 Å². The van der Waals surface area contributed by atoms with Gasteiger partial charge in [-0.2, -0.15) is 0 Å². The van der Waals surface area contributed by atoms with Gasteiger partial charge < -0.3 is 10.3 Å².